The fourth-order valence-electron chi connectivity index (χ4n) is 2.15. The highest BCUT2D eigenvalue weighted by Crippen LogP contribution is 2.26. The number of hydrogen-bond donors (Lipinski definition) is 1. The lowest BCUT2D eigenvalue weighted by Gasteiger charge is -2.12. The summed E-state index contributed by atoms with van der Waals surface area (Å²) >= 11 is 7.33. The summed E-state index contributed by atoms with van der Waals surface area (Å²) in [6.45, 7) is 1.78. The number of tetrazole rings is 1. The van der Waals surface area contributed by atoms with Crippen LogP contribution < -0.4 is 10.1 Å². The standard InChI is InChI=1S/C17H16ClN5O2S/c1-11(16(24)19-15-6-4-3-5-14(15)18)26-17-20-21-22-23(17)12-7-9-13(25-2)10-8-12/h3-11H,1-2H3,(H,19,24)/t11-/m0/s1. The van der Waals surface area contributed by atoms with Crippen LogP contribution in [0.5, 0.6) is 5.75 Å². The van der Waals surface area contributed by atoms with Gasteiger partial charge in [0.1, 0.15) is 5.75 Å². The molecule has 7 nitrogen and oxygen atoms in total. The largest absolute Gasteiger partial charge is 0.497 e. The van der Waals surface area contributed by atoms with E-state index in [-0.39, 0.29) is 5.91 Å². The number of thioether (sulfide) groups is 1. The Bertz CT molecular complexity index is 900. The number of rotatable bonds is 6. The zero-order valence-electron chi connectivity index (χ0n) is 14.1. The summed E-state index contributed by atoms with van der Waals surface area (Å²) in [6, 6.07) is 14.4. The monoisotopic (exact) mass is 389 g/mol. The van der Waals surface area contributed by atoms with E-state index in [4.69, 9.17) is 16.3 Å². The molecular weight excluding hydrogens is 374 g/mol. The van der Waals surface area contributed by atoms with E-state index in [2.05, 4.69) is 20.8 Å². The predicted molar refractivity (Wildman–Crippen MR) is 101 cm³/mol. The summed E-state index contributed by atoms with van der Waals surface area (Å²) in [4.78, 5) is 12.4. The highest BCUT2D eigenvalue weighted by Gasteiger charge is 2.20. The zero-order valence-corrected chi connectivity index (χ0v) is 15.7. The molecule has 0 radical (unpaired) electrons. The van der Waals surface area contributed by atoms with Crippen molar-refractivity contribution in [3.05, 3.63) is 53.6 Å². The lowest BCUT2D eigenvalue weighted by atomic mass is 10.3. The molecule has 0 unspecified atom stereocenters. The Hall–Kier alpha value is -2.58. The number of hydrogen-bond acceptors (Lipinski definition) is 6. The Balaban J connectivity index is 1.72. The highest BCUT2D eigenvalue weighted by atomic mass is 35.5. The first kappa shape index (κ1) is 18.2. The molecule has 0 saturated carbocycles. The van der Waals surface area contributed by atoms with Gasteiger partial charge in [0, 0.05) is 0 Å². The lowest BCUT2D eigenvalue weighted by Crippen LogP contribution is -2.23. The Morgan fingerprint density at radius 2 is 1.96 bits per heavy atom. The molecule has 0 aliphatic carbocycles. The number of amides is 1. The number of carbonyl (C=O) groups is 1. The Morgan fingerprint density at radius 1 is 1.23 bits per heavy atom. The number of halogens is 1. The summed E-state index contributed by atoms with van der Waals surface area (Å²) in [6.07, 6.45) is 0. The fourth-order valence-corrected chi connectivity index (χ4v) is 3.14. The van der Waals surface area contributed by atoms with E-state index >= 15 is 0 Å². The van der Waals surface area contributed by atoms with E-state index in [0.29, 0.717) is 15.9 Å². The second-order valence-electron chi connectivity index (χ2n) is 5.30. The van der Waals surface area contributed by atoms with Gasteiger partial charge in [0.05, 0.1) is 28.8 Å². The minimum absolute atomic E-state index is 0.188. The number of nitrogens with one attached hydrogen (secondary N) is 1. The molecule has 2 aromatic carbocycles. The Labute approximate surface area is 159 Å². The van der Waals surface area contributed by atoms with E-state index in [0.717, 1.165) is 11.4 Å². The Kier molecular flexibility index (Phi) is 5.75. The molecule has 0 bridgehead atoms. The molecule has 3 aromatic rings. The van der Waals surface area contributed by atoms with Crippen molar-refractivity contribution in [3.63, 3.8) is 0 Å². The molecule has 3 rings (SSSR count). The van der Waals surface area contributed by atoms with Gasteiger partial charge < -0.3 is 10.1 Å². The second-order valence-corrected chi connectivity index (χ2v) is 7.02. The first-order valence-electron chi connectivity index (χ1n) is 7.73. The maximum absolute atomic E-state index is 12.4. The molecule has 0 spiro atoms. The van der Waals surface area contributed by atoms with Gasteiger partial charge in [-0.25, -0.2) is 0 Å². The molecule has 26 heavy (non-hydrogen) atoms. The molecule has 134 valence electrons. The Morgan fingerprint density at radius 3 is 2.65 bits per heavy atom. The average molecular weight is 390 g/mol. The topological polar surface area (TPSA) is 81.9 Å². The molecule has 0 aliphatic rings. The quantitative estimate of drug-likeness (QED) is 0.650. The normalized spacial score (nSPS) is 11.8. The van der Waals surface area contributed by atoms with E-state index in [1.54, 1.807) is 36.9 Å². The maximum atomic E-state index is 12.4. The minimum Gasteiger partial charge on any atom is -0.497 e. The second kappa shape index (κ2) is 8.20. The summed E-state index contributed by atoms with van der Waals surface area (Å²) in [5.74, 6) is 0.552. The van der Waals surface area contributed by atoms with Crippen LogP contribution in [-0.4, -0.2) is 38.5 Å². The SMILES string of the molecule is COc1ccc(-n2nnnc2S[C@@H](C)C(=O)Nc2ccccc2Cl)cc1. The zero-order chi connectivity index (χ0) is 18.5. The van der Waals surface area contributed by atoms with Crippen LogP contribution in [0.25, 0.3) is 5.69 Å². The number of nitrogens with zero attached hydrogens (tertiary/aromatic N) is 4. The molecule has 1 aromatic heterocycles. The van der Waals surface area contributed by atoms with Gasteiger partial charge in [-0.2, -0.15) is 4.68 Å². The highest BCUT2D eigenvalue weighted by molar-refractivity contribution is 8.00. The van der Waals surface area contributed by atoms with Crippen molar-refractivity contribution in [1.29, 1.82) is 0 Å². The third-order valence-corrected chi connectivity index (χ3v) is 4.90. The van der Waals surface area contributed by atoms with E-state index in [1.807, 2.05) is 30.3 Å². The van der Waals surface area contributed by atoms with Crippen LogP contribution in [0.15, 0.2) is 53.7 Å². The van der Waals surface area contributed by atoms with Gasteiger partial charge in [-0.1, -0.05) is 35.5 Å². The van der Waals surface area contributed by atoms with Crippen LogP contribution in [0.3, 0.4) is 0 Å². The number of ether oxygens (including phenoxy) is 1. The molecule has 1 N–H and O–H groups in total. The number of aromatic nitrogens is 4. The van der Waals surface area contributed by atoms with Gasteiger partial charge in [0.25, 0.3) is 0 Å². The van der Waals surface area contributed by atoms with Crippen molar-refractivity contribution in [1.82, 2.24) is 20.2 Å². The van der Waals surface area contributed by atoms with Gasteiger partial charge in [0.2, 0.25) is 11.1 Å². The smallest absolute Gasteiger partial charge is 0.237 e. The molecule has 9 heteroatoms. The molecule has 1 atom stereocenters. The average Bonchev–Trinajstić information content (AvgIpc) is 3.11. The number of benzene rings is 2. The van der Waals surface area contributed by atoms with E-state index < -0.39 is 5.25 Å². The van der Waals surface area contributed by atoms with Gasteiger partial charge in [-0.05, 0) is 53.7 Å². The maximum Gasteiger partial charge on any atom is 0.237 e. The first-order valence-corrected chi connectivity index (χ1v) is 8.99. The van der Waals surface area contributed by atoms with Gasteiger partial charge in [-0.3, -0.25) is 4.79 Å². The van der Waals surface area contributed by atoms with Crippen LogP contribution in [-0.2, 0) is 4.79 Å². The van der Waals surface area contributed by atoms with E-state index in [1.165, 1.54) is 11.8 Å². The van der Waals surface area contributed by atoms with Crippen molar-refractivity contribution in [2.24, 2.45) is 0 Å². The van der Waals surface area contributed by atoms with Gasteiger partial charge in [0.15, 0.2) is 0 Å². The summed E-state index contributed by atoms with van der Waals surface area (Å²) in [5, 5.41) is 15.1. The number of anilines is 1. The van der Waals surface area contributed by atoms with E-state index in [9.17, 15) is 4.79 Å². The van der Waals surface area contributed by atoms with Crippen LogP contribution in [0.2, 0.25) is 5.02 Å². The summed E-state index contributed by atoms with van der Waals surface area (Å²) in [5.41, 5.74) is 1.35. The number of methoxy groups -OCH3 is 1. The van der Waals surface area contributed by atoms with Crippen molar-refractivity contribution in [2.45, 2.75) is 17.3 Å². The van der Waals surface area contributed by atoms with Crippen molar-refractivity contribution in [3.8, 4) is 11.4 Å². The number of para-hydroxylation sites is 1. The minimum atomic E-state index is -0.422. The number of carbonyl (C=O) groups excluding carboxylic acids is 1. The first-order chi connectivity index (χ1) is 12.6. The van der Waals surface area contributed by atoms with Crippen LogP contribution >= 0.6 is 23.4 Å². The van der Waals surface area contributed by atoms with Crippen molar-refractivity contribution in [2.75, 3.05) is 12.4 Å². The molecule has 1 amide bonds. The third-order valence-electron chi connectivity index (χ3n) is 3.54. The summed E-state index contributed by atoms with van der Waals surface area (Å²) < 4.78 is 6.72. The van der Waals surface area contributed by atoms with Crippen LogP contribution in [0.1, 0.15) is 6.92 Å². The third kappa shape index (κ3) is 4.14. The fraction of sp³-hybridized carbons (Fsp3) is 0.176. The molecule has 0 fully saturated rings. The van der Waals surface area contributed by atoms with Crippen molar-refractivity contribution < 1.29 is 9.53 Å². The molecular formula is C17H16ClN5O2S. The van der Waals surface area contributed by atoms with Gasteiger partial charge >= 0.3 is 0 Å². The van der Waals surface area contributed by atoms with Gasteiger partial charge in [-0.15, -0.1) is 5.10 Å². The predicted octanol–water partition coefficient (Wildman–Crippen LogP) is 3.44. The molecule has 0 saturated heterocycles. The molecule has 0 aliphatic heterocycles. The van der Waals surface area contributed by atoms with Crippen LogP contribution in [0, 0.1) is 0 Å². The molecule has 1 heterocycles. The van der Waals surface area contributed by atoms with Crippen LogP contribution in [0.4, 0.5) is 5.69 Å². The lowest BCUT2D eigenvalue weighted by molar-refractivity contribution is -0.115. The summed E-state index contributed by atoms with van der Waals surface area (Å²) in [7, 11) is 1.60. The van der Waals surface area contributed by atoms with Crippen molar-refractivity contribution >= 4 is 35.0 Å².